The summed E-state index contributed by atoms with van der Waals surface area (Å²) >= 11 is 0. The number of likely N-dealkylation sites (N-methyl/N-ethyl adjacent to an activating group) is 1. The first kappa shape index (κ1) is 11.9. The largest absolute Gasteiger partial charge is 0.343 e. The first-order valence-corrected chi connectivity index (χ1v) is 6.26. The quantitative estimate of drug-likeness (QED) is 0.734. The predicted molar refractivity (Wildman–Crippen MR) is 64.3 cm³/mol. The van der Waals surface area contributed by atoms with Crippen molar-refractivity contribution in [1.82, 2.24) is 15.1 Å². The number of piperazine rings is 1. The van der Waals surface area contributed by atoms with Crippen LogP contribution in [0.25, 0.3) is 0 Å². The Morgan fingerprint density at radius 2 is 2.19 bits per heavy atom. The Morgan fingerprint density at radius 1 is 1.44 bits per heavy atom. The van der Waals surface area contributed by atoms with Crippen LogP contribution in [-0.4, -0.2) is 60.5 Å². The van der Waals surface area contributed by atoms with Gasteiger partial charge < -0.3 is 10.2 Å². The molecule has 2 fully saturated rings. The van der Waals surface area contributed by atoms with E-state index in [9.17, 15) is 4.79 Å². The summed E-state index contributed by atoms with van der Waals surface area (Å²) in [4.78, 5) is 16.3. The van der Waals surface area contributed by atoms with Gasteiger partial charge in [0, 0.05) is 32.7 Å². The summed E-state index contributed by atoms with van der Waals surface area (Å²) in [6.45, 7) is 8.07. The highest BCUT2D eigenvalue weighted by molar-refractivity contribution is 5.86. The fourth-order valence-electron chi connectivity index (χ4n) is 2.75. The summed E-state index contributed by atoms with van der Waals surface area (Å²) in [7, 11) is 1.90. The molecule has 0 saturated carbocycles. The summed E-state index contributed by atoms with van der Waals surface area (Å²) in [6.07, 6.45) is 2.52. The van der Waals surface area contributed by atoms with Gasteiger partial charge in [-0.2, -0.15) is 0 Å². The van der Waals surface area contributed by atoms with E-state index in [4.69, 9.17) is 0 Å². The predicted octanol–water partition coefficient (Wildman–Crippen LogP) is 0.291. The number of carbonyl (C=O) groups excluding carboxylic acids is 1. The number of nitrogens with one attached hydrogen (secondary N) is 1. The first-order chi connectivity index (χ1) is 7.51. The fourth-order valence-corrected chi connectivity index (χ4v) is 2.75. The number of amides is 1. The van der Waals surface area contributed by atoms with E-state index in [0.717, 1.165) is 26.2 Å². The minimum absolute atomic E-state index is 0.247. The van der Waals surface area contributed by atoms with Gasteiger partial charge in [0.1, 0.15) is 0 Å². The van der Waals surface area contributed by atoms with Gasteiger partial charge in [-0.25, -0.2) is 0 Å². The Bertz CT molecular complexity index is 271. The van der Waals surface area contributed by atoms with E-state index >= 15 is 0 Å². The van der Waals surface area contributed by atoms with Crippen LogP contribution in [0.5, 0.6) is 0 Å². The maximum atomic E-state index is 12.1. The molecule has 2 rings (SSSR count). The van der Waals surface area contributed by atoms with Crippen LogP contribution in [0, 0.1) is 0 Å². The van der Waals surface area contributed by atoms with Crippen LogP contribution in [0.1, 0.15) is 26.7 Å². The lowest BCUT2D eigenvalue weighted by Crippen LogP contribution is -2.63. The lowest BCUT2D eigenvalue weighted by atomic mass is 9.97. The van der Waals surface area contributed by atoms with E-state index < -0.39 is 0 Å². The lowest BCUT2D eigenvalue weighted by molar-refractivity contribution is -0.147. The van der Waals surface area contributed by atoms with E-state index in [2.05, 4.69) is 10.2 Å². The van der Waals surface area contributed by atoms with Crippen molar-refractivity contribution in [2.45, 2.75) is 38.3 Å². The molecule has 0 aromatic rings. The Labute approximate surface area is 98.0 Å². The van der Waals surface area contributed by atoms with Crippen molar-refractivity contribution in [3.8, 4) is 0 Å². The second kappa shape index (κ2) is 4.34. The summed E-state index contributed by atoms with van der Waals surface area (Å²) in [5.41, 5.74) is -0.336. The Hall–Kier alpha value is -0.610. The zero-order chi connectivity index (χ0) is 11.8. The molecule has 4 nitrogen and oxygen atoms in total. The molecule has 0 radical (unpaired) electrons. The molecular weight excluding hydrogens is 202 g/mol. The second-order valence-electron chi connectivity index (χ2n) is 5.53. The fraction of sp³-hybridized carbons (Fsp3) is 0.917. The minimum atomic E-state index is -0.336. The average Bonchev–Trinajstić information content (AvgIpc) is 2.72. The number of nitrogens with zero attached hydrogens (tertiary/aromatic N) is 2. The molecule has 0 aromatic carbocycles. The highest BCUT2D eigenvalue weighted by Crippen LogP contribution is 2.22. The number of rotatable bonds is 2. The highest BCUT2D eigenvalue weighted by Gasteiger charge is 2.41. The molecule has 0 aromatic heterocycles. The molecule has 2 heterocycles. The molecule has 4 heteroatoms. The van der Waals surface area contributed by atoms with Crippen molar-refractivity contribution in [2.24, 2.45) is 0 Å². The molecule has 0 aliphatic carbocycles. The van der Waals surface area contributed by atoms with Crippen molar-refractivity contribution in [2.75, 3.05) is 33.2 Å². The van der Waals surface area contributed by atoms with E-state index in [-0.39, 0.29) is 11.4 Å². The minimum Gasteiger partial charge on any atom is -0.343 e. The van der Waals surface area contributed by atoms with Crippen molar-refractivity contribution in [3.63, 3.8) is 0 Å². The smallest absolute Gasteiger partial charge is 0.242 e. The first-order valence-electron chi connectivity index (χ1n) is 6.26. The van der Waals surface area contributed by atoms with Crippen LogP contribution >= 0.6 is 0 Å². The lowest BCUT2D eigenvalue weighted by Gasteiger charge is -2.45. The van der Waals surface area contributed by atoms with E-state index in [1.165, 1.54) is 12.8 Å². The van der Waals surface area contributed by atoms with Crippen molar-refractivity contribution >= 4 is 5.91 Å². The molecule has 1 N–H and O–H groups in total. The zero-order valence-corrected chi connectivity index (χ0v) is 10.6. The molecule has 1 atom stereocenters. The van der Waals surface area contributed by atoms with Crippen molar-refractivity contribution in [1.29, 1.82) is 0 Å². The maximum Gasteiger partial charge on any atom is 0.242 e. The Balaban J connectivity index is 2.00. The number of hydrogen-bond donors (Lipinski definition) is 1. The molecule has 2 aliphatic heterocycles. The van der Waals surface area contributed by atoms with Crippen LogP contribution in [0.3, 0.4) is 0 Å². The molecule has 0 unspecified atom stereocenters. The topological polar surface area (TPSA) is 35.6 Å². The molecule has 16 heavy (non-hydrogen) atoms. The maximum absolute atomic E-state index is 12.1. The summed E-state index contributed by atoms with van der Waals surface area (Å²) in [5.74, 6) is 0.247. The molecule has 2 saturated heterocycles. The number of carbonyl (C=O) groups is 1. The van der Waals surface area contributed by atoms with Crippen molar-refractivity contribution < 1.29 is 4.79 Å². The Kier molecular flexibility index (Phi) is 3.22. The van der Waals surface area contributed by atoms with Gasteiger partial charge >= 0.3 is 0 Å². The zero-order valence-electron chi connectivity index (χ0n) is 10.6. The SMILES string of the molecule is CN1CCN(C[C@@H]2CCCN2)C(C)(C)C1=O. The van der Waals surface area contributed by atoms with Crippen molar-refractivity contribution in [3.05, 3.63) is 0 Å². The third kappa shape index (κ3) is 2.09. The standard InChI is InChI=1S/C12H23N3O/c1-12(2)11(16)14(3)7-8-15(12)9-10-5-4-6-13-10/h10,13H,4-9H2,1-3H3/t10-/m0/s1. The Morgan fingerprint density at radius 3 is 2.81 bits per heavy atom. The van der Waals surface area contributed by atoms with E-state index in [1.807, 2.05) is 25.8 Å². The summed E-state index contributed by atoms with van der Waals surface area (Å²) in [6, 6.07) is 0.579. The molecule has 0 spiro atoms. The third-order valence-electron chi connectivity index (χ3n) is 3.97. The van der Waals surface area contributed by atoms with Gasteiger partial charge in [0.25, 0.3) is 0 Å². The normalized spacial score (nSPS) is 31.1. The second-order valence-corrected chi connectivity index (χ2v) is 5.53. The summed E-state index contributed by atoms with van der Waals surface area (Å²) < 4.78 is 0. The van der Waals surface area contributed by atoms with Gasteiger partial charge in [-0.05, 0) is 33.2 Å². The monoisotopic (exact) mass is 225 g/mol. The molecular formula is C12H23N3O. The summed E-state index contributed by atoms with van der Waals surface area (Å²) in [5, 5.41) is 3.50. The molecule has 2 aliphatic rings. The van der Waals surface area contributed by atoms with Crippen LogP contribution < -0.4 is 5.32 Å². The van der Waals surface area contributed by atoms with Gasteiger partial charge in [-0.1, -0.05) is 0 Å². The van der Waals surface area contributed by atoms with Crippen LogP contribution in [0.4, 0.5) is 0 Å². The van der Waals surface area contributed by atoms with E-state index in [0.29, 0.717) is 6.04 Å². The van der Waals surface area contributed by atoms with Gasteiger partial charge in [0.05, 0.1) is 5.54 Å². The molecule has 1 amide bonds. The van der Waals surface area contributed by atoms with Crippen LogP contribution in [0.15, 0.2) is 0 Å². The van der Waals surface area contributed by atoms with Gasteiger partial charge in [0.2, 0.25) is 5.91 Å². The third-order valence-corrected chi connectivity index (χ3v) is 3.97. The van der Waals surface area contributed by atoms with Gasteiger partial charge in [-0.15, -0.1) is 0 Å². The van der Waals surface area contributed by atoms with Crippen LogP contribution in [-0.2, 0) is 4.79 Å². The molecule has 92 valence electrons. The number of hydrogen-bond acceptors (Lipinski definition) is 3. The highest BCUT2D eigenvalue weighted by atomic mass is 16.2. The molecule has 0 bridgehead atoms. The van der Waals surface area contributed by atoms with Crippen LogP contribution in [0.2, 0.25) is 0 Å². The van der Waals surface area contributed by atoms with Gasteiger partial charge in [0.15, 0.2) is 0 Å². The van der Waals surface area contributed by atoms with Gasteiger partial charge in [-0.3, -0.25) is 9.69 Å². The van der Waals surface area contributed by atoms with E-state index in [1.54, 1.807) is 0 Å². The average molecular weight is 225 g/mol.